The summed E-state index contributed by atoms with van der Waals surface area (Å²) in [7, 11) is 0. The minimum Gasteiger partial charge on any atom is -0.299 e. The second-order valence-corrected chi connectivity index (χ2v) is 6.45. The molecule has 1 aromatic rings. The van der Waals surface area contributed by atoms with Gasteiger partial charge in [-0.25, -0.2) is 4.39 Å². The minimum absolute atomic E-state index is 0.0148. The van der Waals surface area contributed by atoms with E-state index in [0.717, 1.165) is 23.7 Å². The number of carbonyl (C=O) groups is 1. The monoisotopic (exact) mass is 326 g/mol. The first kappa shape index (κ1) is 14.7. The third kappa shape index (κ3) is 3.88. The summed E-state index contributed by atoms with van der Waals surface area (Å²) in [6, 6.07) is 5.11. The van der Waals surface area contributed by atoms with E-state index in [1.807, 2.05) is 6.07 Å². The number of Topliss-reactive ketones (excluding diaryl/α,β-unsaturated/α-hetero) is 1. The van der Waals surface area contributed by atoms with Gasteiger partial charge in [0.25, 0.3) is 0 Å². The Bertz CT molecular complexity index is 458. The van der Waals surface area contributed by atoms with E-state index in [0.29, 0.717) is 30.1 Å². The molecule has 0 amide bonds. The maximum Gasteiger partial charge on any atom is 0.136 e. The van der Waals surface area contributed by atoms with Gasteiger partial charge < -0.3 is 0 Å². The molecule has 0 spiro atoms. The molecule has 1 aliphatic rings. The maximum atomic E-state index is 13.8. The van der Waals surface area contributed by atoms with Crippen molar-refractivity contribution in [1.82, 2.24) is 0 Å². The van der Waals surface area contributed by atoms with Gasteiger partial charge in [-0.1, -0.05) is 41.8 Å². The molecule has 0 heterocycles. The third-order valence-electron chi connectivity index (χ3n) is 4.05. The van der Waals surface area contributed by atoms with Crippen LogP contribution in [0.25, 0.3) is 0 Å². The van der Waals surface area contributed by atoms with E-state index in [-0.39, 0.29) is 11.7 Å². The molecule has 0 radical (unpaired) electrons. The Kier molecular flexibility index (Phi) is 5.14. The van der Waals surface area contributed by atoms with E-state index in [9.17, 15) is 9.18 Å². The second-order valence-electron chi connectivity index (χ2n) is 5.53. The van der Waals surface area contributed by atoms with E-state index >= 15 is 0 Å². The maximum absolute atomic E-state index is 13.8. The third-order valence-corrected chi connectivity index (χ3v) is 4.54. The van der Waals surface area contributed by atoms with Crippen molar-refractivity contribution in [2.75, 3.05) is 0 Å². The molecule has 2 atom stereocenters. The number of rotatable bonds is 4. The van der Waals surface area contributed by atoms with Crippen molar-refractivity contribution in [3.05, 3.63) is 34.1 Å². The Labute approximate surface area is 122 Å². The fourth-order valence-corrected chi connectivity index (χ4v) is 3.36. The Morgan fingerprint density at radius 3 is 2.89 bits per heavy atom. The van der Waals surface area contributed by atoms with E-state index in [4.69, 9.17) is 0 Å². The summed E-state index contributed by atoms with van der Waals surface area (Å²) in [5.74, 6) is 0.765. The average molecular weight is 327 g/mol. The van der Waals surface area contributed by atoms with Crippen LogP contribution in [0.15, 0.2) is 22.7 Å². The number of hydrogen-bond donors (Lipinski definition) is 0. The van der Waals surface area contributed by atoms with Crippen molar-refractivity contribution in [2.45, 2.75) is 45.4 Å². The van der Waals surface area contributed by atoms with Crippen LogP contribution in [-0.4, -0.2) is 5.78 Å². The molecule has 0 N–H and O–H groups in total. The Morgan fingerprint density at radius 1 is 1.42 bits per heavy atom. The van der Waals surface area contributed by atoms with Crippen LogP contribution in [0.3, 0.4) is 0 Å². The van der Waals surface area contributed by atoms with Gasteiger partial charge in [0.1, 0.15) is 11.6 Å². The molecule has 1 aromatic carbocycles. The van der Waals surface area contributed by atoms with Crippen LogP contribution < -0.4 is 0 Å². The van der Waals surface area contributed by atoms with Crippen LogP contribution in [0, 0.1) is 17.7 Å². The zero-order valence-corrected chi connectivity index (χ0v) is 12.9. The van der Waals surface area contributed by atoms with Gasteiger partial charge in [0.2, 0.25) is 0 Å². The molecular weight excluding hydrogens is 307 g/mol. The van der Waals surface area contributed by atoms with E-state index in [1.54, 1.807) is 6.07 Å². The highest BCUT2D eigenvalue weighted by Gasteiger charge is 2.28. The number of halogens is 2. The molecule has 3 heteroatoms. The molecule has 0 aliphatic heterocycles. The van der Waals surface area contributed by atoms with E-state index < -0.39 is 0 Å². The zero-order valence-electron chi connectivity index (χ0n) is 11.3. The van der Waals surface area contributed by atoms with Crippen molar-refractivity contribution < 1.29 is 9.18 Å². The predicted molar refractivity (Wildman–Crippen MR) is 78.6 cm³/mol. The predicted octanol–water partition coefficient (Wildman–Crippen LogP) is 4.92. The quantitative estimate of drug-likeness (QED) is 0.767. The highest BCUT2D eigenvalue weighted by molar-refractivity contribution is 9.10. The lowest BCUT2D eigenvalue weighted by Gasteiger charge is -2.28. The smallest absolute Gasteiger partial charge is 0.136 e. The summed E-state index contributed by atoms with van der Waals surface area (Å²) in [5, 5.41) is 0. The second kappa shape index (κ2) is 6.65. The highest BCUT2D eigenvalue weighted by Crippen LogP contribution is 2.32. The van der Waals surface area contributed by atoms with Gasteiger partial charge >= 0.3 is 0 Å². The highest BCUT2D eigenvalue weighted by atomic mass is 79.9. The van der Waals surface area contributed by atoms with Crippen LogP contribution in [0.1, 0.15) is 44.6 Å². The summed E-state index contributed by atoms with van der Waals surface area (Å²) in [4.78, 5) is 12.0. The van der Waals surface area contributed by atoms with Crippen LogP contribution in [0.2, 0.25) is 0 Å². The summed E-state index contributed by atoms with van der Waals surface area (Å²) in [6.07, 6.45) is 5.53. The topological polar surface area (TPSA) is 17.1 Å². The van der Waals surface area contributed by atoms with Crippen molar-refractivity contribution in [3.63, 3.8) is 0 Å². The first-order valence-electron chi connectivity index (χ1n) is 7.06. The molecule has 0 saturated heterocycles. The van der Waals surface area contributed by atoms with Crippen LogP contribution in [-0.2, 0) is 11.2 Å². The van der Waals surface area contributed by atoms with Gasteiger partial charge in [0, 0.05) is 16.8 Å². The Balaban J connectivity index is 2.05. The van der Waals surface area contributed by atoms with Crippen molar-refractivity contribution >= 4 is 21.7 Å². The van der Waals surface area contributed by atoms with Crippen LogP contribution in [0.4, 0.5) is 4.39 Å². The van der Waals surface area contributed by atoms with Gasteiger partial charge in [-0.15, -0.1) is 0 Å². The lowest BCUT2D eigenvalue weighted by Crippen LogP contribution is -2.26. The summed E-state index contributed by atoms with van der Waals surface area (Å²) >= 11 is 3.26. The summed E-state index contributed by atoms with van der Waals surface area (Å²) in [5.41, 5.74) is 0.665. The molecule has 104 valence electrons. The molecule has 0 aromatic heterocycles. The normalized spacial score (nSPS) is 23.6. The van der Waals surface area contributed by atoms with Crippen LogP contribution in [0.5, 0.6) is 0 Å². The fourth-order valence-electron chi connectivity index (χ4n) is 3.02. The zero-order chi connectivity index (χ0) is 13.8. The van der Waals surface area contributed by atoms with Gasteiger partial charge in [-0.2, -0.15) is 0 Å². The molecular formula is C16H20BrFO. The molecule has 0 bridgehead atoms. The lowest BCUT2D eigenvalue weighted by atomic mass is 9.76. The molecule has 1 saturated carbocycles. The molecule has 2 rings (SSSR count). The standard InChI is InChI=1S/C16H20BrFO/c1-2-3-11-4-7-16(19)13(8-11)9-12-5-6-14(17)10-15(12)18/h5-6,10-11,13H,2-4,7-9H2,1H3. The number of ketones is 1. The van der Waals surface area contributed by atoms with Crippen molar-refractivity contribution in [1.29, 1.82) is 0 Å². The van der Waals surface area contributed by atoms with Crippen molar-refractivity contribution in [2.24, 2.45) is 11.8 Å². The lowest BCUT2D eigenvalue weighted by molar-refractivity contribution is -0.125. The summed E-state index contributed by atoms with van der Waals surface area (Å²) in [6.45, 7) is 2.18. The van der Waals surface area contributed by atoms with Gasteiger partial charge in [-0.3, -0.25) is 4.79 Å². The molecule has 1 nitrogen and oxygen atoms in total. The molecule has 2 unspecified atom stereocenters. The van der Waals surface area contributed by atoms with E-state index in [2.05, 4.69) is 22.9 Å². The van der Waals surface area contributed by atoms with Gasteiger partial charge in [0.15, 0.2) is 0 Å². The van der Waals surface area contributed by atoms with E-state index in [1.165, 1.54) is 12.5 Å². The summed E-state index contributed by atoms with van der Waals surface area (Å²) < 4.78 is 14.6. The SMILES string of the molecule is CCCC1CCC(=O)C(Cc2ccc(Br)cc2F)C1. The average Bonchev–Trinajstić information content (AvgIpc) is 2.37. The number of carbonyl (C=O) groups excluding carboxylic acids is 1. The minimum atomic E-state index is -0.209. The Morgan fingerprint density at radius 2 is 2.21 bits per heavy atom. The first-order chi connectivity index (χ1) is 9.10. The number of hydrogen-bond acceptors (Lipinski definition) is 1. The first-order valence-corrected chi connectivity index (χ1v) is 7.86. The van der Waals surface area contributed by atoms with Crippen LogP contribution >= 0.6 is 15.9 Å². The fraction of sp³-hybridized carbons (Fsp3) is 0.562. The number of benzene rings is 1. The van der Waals surface area contributed by atoms with Gasteiger partial charge in [0.05, 0.1) is 0 Å². The Hall–Kier alpha value is -0.700. The van der Waals surface area contributed by atoms with Crippen molar-refractivity contribution in [3.8, 4) is 0 Å². The van der Waals surface area contributed by atoms with Gasteiger partial charge in [-0.05, 0) is 42.9 Å². The molecule has 19 heavy (non-hydrogen) atoms. The largest absolute Gasteiger partial charge is 0.299 e. The molecule has 1 fully saturated rings. The molecule has 1 aliphatic carbocycles.